The Labute approximate surface area is 129 Å². The molecule has 0 bridgehead atoms. The van der Waals surface area contributed by atoms with E-state index in [0.29, 0.717) is 11.0 Å². The second-order valence-corrected chi connectivity index (χ2v) is 7.87. The predicted octanol–water partition coefficient (Wildman–Crippen LogP) is 2.94. The van der Waals surface area contributed by atoms with Crippen LogP contribution in [-0.2, 0) is 24.8 Å². The van der Waals surface area contributed by atoms with Gasteiger partial charge in [0.1, 0.15) is 11.2 Å². The van der Waals surface area contributed by atoms with E-state index in [4.69, 9.17) is 9.05 Å². The molecule has 0 spiro atoms. The minimum Gasteiger partial charge on any atom is -0.309 e. The van der Waals surface area contributed by atoms with E-state index in [1.165, 1.54) is 11.3 Å². The van der Waals surface area contributed by atoms with Crippen molar-refractivity contribution in [3.63, 3.8) is 0 Å². The summed E-state index contributed by atoms with van der Waals surface area (Å²) >= 11 is 1.32. The SMILES string of the molecule is CCOP(=O)(CC(=O)Nc1nnc(CC(C)C)s1)OCC. The van der Waals surface area contributed by atoms with E-state index in [-0.39, 0.29) is 19.4 Å². The second kappa shape index (κ2) is 8.58. The summed E-state index contributed by atoms with van der Waals surface area (Å²) in [5, 5.41) is 11.7. The molecular formula is C12H22N3O4PS. The molecule has 0 aliphatic rings. The average molecular weight is 335 g/mol. The van der Waals surface area contributed by atoms with Crippen molar-refractivity contribution in [2.45, 2.75) is 34.1 Å². The van der Waals surface area contributed by atoms with Gasteiger partial charge >= 0.3 is 7.60 Å². The monoisotopic (exact) mass is 335 g/mol. The van der Waals surface area contributed by atoms with E-state index in [2.05, 4.69) is 29.4 Å². The van der Waals surface area contributed by atoms with E-state index in [0.717, 1.165) is 11.4 Å². The first-order chi connectivity index (χ1) is 9.88. The van der Waals surface area contributed by atoms with Gasteiger partial charge in [-0.3, -0.25) is 14.7 Å². The summed E-state index contributed by atoms with van der Waals surface area (Å²) in [6, 6.07) is 0. The molecule has 0 saturated heterocycles. The molecule has 1 aromatic rings. The lowest BCUT2D eigenvalue weighted by atomic mass is 10.1. The molecule has 0 saturated carbocycles. The number of hydrogen-bond acceptors (Lipinski definition) is 7. The van der Waals surface area contributed by atoms with Crippen molar-refractivity contribution in [3.05, 3.63) is 5.01 Å². The summed E-state index contributed by atoms with van der Waals surface area (Å²) in [5.74, 6) is 0.0186. The third kappa shape index (κ3) is 6.65. The third-order valence-corrected chi connectivity index (χ3v) is 5.12. The molecule has 1 heterocycles. The Kier molecular flexibility index (Phi) is 7.45. The maximum atomic E-state index is 12.2. The van der Waals surface area contributed by atoms with Gasteiger partial charge in [0.15, 0.2) is 0 Å². The largest absolute Gasteiger partial charge is 0.340 e. The molecule has 0 fully saturated rings. The number of nitrogens with one attached hydrogen (secondary N) is 1. The van der Waals surface area contributed by atoms with Crippen molar-refractivity contribution in [1.82, 2.24) is 10.2 Å². The molecule has 1 rings (SSSR count). The van der Waals surface area contributed by atoms with Crippen LogP contribution in [-0.4, -0.2) is 35.5 Å². The van der Waals surface area contributed by atoms with Gasteiger partial charge < -0.3 is 9.05 Å². The van der Waals surface area contributed by atoms with Crippen LogP contribution in [0.2, 0.25) is 0 Å². The highest BCUT2D eigenvalue weighted by atomic mass is 32.1. The Hall–Kier alpha value is -0.820. The van der Waals surface area contributed by atoms with Crippen LogP contribution in [0.1, 0.15) is 32.7 Å². The van der Waals surface area contributed by atoms with Gasteiger partial charge in [0.2, 0.25) is 11.0 Å². The third-order valence-electron chi connectivity index (χ3n) is 2.28. The summed E-state index contributed by atoms with van der Waals surface area (Å²) in [7, 11) is -3.38. The molecule has 0 aliphatic carbocycles. The predicted molar refractivity (Wildman–Crippen MR) is 82.8 cm³/mol. The number of rotatable bonds is 9. The average Bonchev–Trinajstić information content (AvgIpc) is 2.75. The van der Waals surface area contributed by atoms with E-state index in [1.54, 1.807) is 13.8 Å². The molecule has 0 atom stereocenters. The van der Waals surface area contributed by atoms with E-state index in [1.807, 2.05) is 0 Å². The summed E-state index contributed by atoms with van der Waals surface area (Å²) < 4.78 is 22.4. The van der Waals surface area contributed by atoms with E-state index >= 15 is 0 Å². The number of nitrogens with zero attached hydrogens (tertiary/aromatic N) is 2. The van der Waals surface area contributed by atoms with Crippen LogP contribution in [0.3, 0.4) is 0 Å². The summed E-state index contributed by atoms with van der Waals surface area (Å²) in [6.07, 6.45) is 0.484. The van der Waals surface area contributed by atoms with Crippen LogP contribution in [0.4, 0.5) is 5.13 Å². The lowest BCUT2D eigenvalue weighted by molar-refractivity contribution is -0.114. The van der Waals surface area contributed by atoms with Crippen LogP contribution < -0.4 is 5.32 Å². The molecule has 0 aliphatic heterocycles. The van der Waals surface area contributed by atoms with Gasteiger partial charge in [-0.2, -0.15) is 0 Å². The second-order valence-electron chi connectivity index (χ2n) is 4.75. The smallest absolute Gasteiger partial charge is 0.309 e. The molecule has 9 heteroatoms. The molecule has 1 aromatic heterocycles. The highest BCUT2D eigenvalue weighted by molar-refractivity contribution is 7.54. The lowest BCUT2D eigenvalue weighted by Gasteiger charge is -2.15. The first kappa shape index (κ1) is 18.2. The molecular weight excluding hydrogens is 313 g/mol. The minimum absolute atomic E-state index is 0.224. The molecule has 120 valence electrons. The number of carbonyl (C=O) groups excluding carboxylic acids is 1. The fourth-order valence-electron chi connectivity index (χ4n) is 1.59. The van der Waals surface area contributed by atoms with Crippen LogP contribution >= 0.6 is 18.9 Å². The minimum atomic E-state index is -3.38. The van der Waals surface area contributed by atoms with Crippen molar-refractivity contribution < 1.29 is 18.4 Å². The van der Waals surface area contributed by atoms with Gasteiger partial charge in [0.25, 0.3) is 0 Å². The van der Waals surface area contributed by atoms with Crippen LogP contribution in [0.5, 0.6) is 0 Å². The van der Waals surface area contributed by atoms with Gasteiger partial charge in [-0.15, -0.1) is 10.2 Å². The summed E-state index contributed by atoms with van der Waals surface area (Å²) in [5.41, 5.74) is 0. The molecule has 7 nitrogen and oxygen atoms in total. The Morgan fingerprint density at radius 2 is 1.90 bits per heavy atom. The van der Waals surface area contributed by atoms with Crippen molar-refractivity contribution in [1.29, 1.82) is 0 Å². The van der Waals surface area contributed by atoms with Crippen molar-refractivity contribution in [2.75, 3.05) is 24.7 Å². The highest BCUT2D eigenvalue weighted by Gasteiger charge is 2.28. The molecule has 0 unspecified atom stereocenters. The fourth-order valence-corrected chi connectivity index (χ4v) is 4.04. The van der Waals surface area contributed by atoms with Crippen molar-refractivity contribution in [2.24, 2.45) is 5.92 Å². The zero-order valence-electron chi connectivity index (χ0n) is 12.8. The number of anilines is 1. The Morgan fingerprint density at radius 3 is 2.43 bits per heavy atom. The highest BCUT2D eigenvalue weighted by Crippen LogP contribution is 2.47. The van der Waals surface area contributed by atoms with Gasteiger partial charge in [-0.05, 0) is 19.8 Å². The normalized spacial score (nSPS) is 11.9. The quantitative estimate of drug-likeness (QED) is 0.698. The number of aromatic nitrogens is 2. The zero-order chi connectivity index (χ0) is 15.9. The Bertz CT molecular complexity index is 496. The number of amides is 1. The summed E-state index contributed by atoms with van der Waals surface area (Å²) in [4.78, 5) is 11.9. The Morgan fingerprint density at radius 1 is 1.29 bits per heavy atom. The fraction of sp³-hybridized carbons (Fsp3) is 0.750. The Balaban J connectivity index is 2.59. The van der Waals surface area contributed by atoms with Crippen molar-refractivity contribution in [3.8, 4) is 0 Å². The van der Waals surface area contributed by atoms with Gasteiger partial charge in [0.05, 0.1) is 13.2 Å². The van der Waals surface area contributed by atoms with Crippen molar-refractivity contribution >= 4 is 30.0 Å². The topological polar surface area (TPSA) is 90.4 Å². The molecule has 21 heavy (non-hydrogen) atoms. The number of hydrogen-bond donors (Lipinski definition) is 1. The van der Waals surface area contributed by atoms with E-state index in [9.17, 15) is 9.36 Å². The molecule has 0 aromatic carbocycles. The maximum Gasteiger partial charge on any atom is 0.340 e. The van der Waals surface area contributed by atoms with Gasteiger partial charge in [-0.1, -0.05) is 25.2 Å². The van der Waals surface area contributed by atoms with Crippen LogP contribution in [0.15, 0.2) is 0 Å². The molecule has 1 amide bonds. The van der Waals surface area contributed by atoms with Crippen LogP contribution in [0.25, 0.3) is 0 Å². The maximum absolute atomic E-state index is 12.2. The number of carbonyl (C=O) groups is 1. The summed E-state index contributed by atoms with van der Waals surface area (Å²) in [6.45, 7) is 8.02. The van der Waals surface area contributed by atoms with Gasteiger partial charge in [-0.25, -0.2) is 0 Å². The lowest BCUT2D eigenvalue weighted by Crippen LogP contribution is -2.18. The standard InChI is InChI=1S/C12H22N3O4PS/c1-5-18-20(17,19-6-2)8-10(16)13-12-15-14-11(21-12)7-9(3)4/h9H,5-8H2,1-4H3,(H,13,15,16). The zero-order valence-corrected chi connectivity index (χ0v) is 14.5. The first-order valence-electron chi connectivity index (χ1n) is 6.89. The molecule has 1 N–H and O–H groups in total. The first-order valence-corrected chi connectivity index (χ1v) is 9.43. The van der Waals surface area contributed by atoms with Crippen LogP contribution in [0, 0.1) is 5.92 Å². The van der Waals surface area contributed by atoms with Gasteiger partial charge in [0, 0.05) is 6.42 Å². The van der Waals surface area contributed by atoms with E-state index < -0.39 is 13.5 Å². The molecule has 0 radical (unpaired) electrons.